The third kappa shape index (κ3) is 56.9. The zero-order valence-corrected chi connectivity index (χ0v) is 3.44. The lowest BCUT2D eigenvalue weighted by Crippen LogP contribution is -1.81. The van der Waals surface area contributed by atoms with Gasteiger partial charge in [0.25, 0.3) is 5.09 Å². The van der Waals surface area contributed by atoms with Gasteiger partial charge in [-0.05, 0) is 0 Å². The number of nitrogens with two attached hydrogens (primary N) is 1. The summed E-state index contributed by atoms with van der Waals surface area (Å²) in [6, 6.07) is 0. The third-order valence-electron chi connectivity index (χ3n) is 0. The molecule has 0 heterocycles. The van der Waals surface area contributed by atoms with E-state index < -0.39 is 5.09 Å². The van der Waals surface area contributed by atoms with Crippen LogP contribution in [-0.4, -0.2) is 15.5 Å². The van der Waals surface area contributed by atoms with E-state index in [1.807, 2.05) is 0 Å². The lowest BCUT2D eigenvalue weighted by atomic mass is 13.1. The van der Waals surface area contributed by atoms with Gasteiger partial charge in [-0.15, -0.1) is 10.1 Å². The Morgan fingerprint density at radius 3 is 1.57 bits per heavy atom. The minimum absolute atomic E-state index is 0. The molecule has 7 heavy (non-hydrogen) atoms. The van der Waals surface area contributed by atoms with E-state index in [9.17, 15) is 0 Å². The molecule has 46 valence electrons. The minimum Gasteiger partial charge on any atom is -0.344 e. The topological polar surface area (TPSA) is 145 Å². The van der Waals surface area contributed by atoms with Crippen molar-refractivity contribution >= 4 is 0 Å². The van der Waals surface area contributed by atoms with Crippen LogP contribution in [0, 0.1) is 10.1 Å². The number of nitrogens with zero attached hydrogens (tertiary/aromatic N) is 1. The van der Waals surface area contributed by atoms with Crippen LogP contribution in [0.3, 0.4) is 0 Å². The molecule has 7 heteroatoms. The molecule has 7 nitrogen and oxygen atoms in total. The molecule has 0 radical (unpaired) electrons. The highest BCUT2D eigenvalue weighted by Gasteiger charge is 1.65. The van der Waals surface area contributed by atoms with Gasteiger partial charge in [-0.2, -0.15) is 0 Å². The standard InChI is InChI=1S/HNO3.H3NO.H3N/c2-1(3)4;1-2;/h(H,2,3,4);2H,1H2;1H3. The first-order valence-corrected chi connectivity index (χ1v) is 0.823. The molecule has 0 spiro atoms. The van der Waals surface area contributed by atoms with Gasteiger partial charge in [0.1, 0.15) is 0 Å². The molecule has 0 unspecified atom stereocenters. The van der Waals surface area contributed by atoms with Crippen LogP contribution in [0.15, 0.2) is 0 Å². The highest BCUT2D eigenvalue weighted by molar-refractivity contribution is 3.83. The highest BCUT2D eigenvalue weighted by Crippen LogP contribution is 1.38. The monoisotopic (exact) mass is 113 g/mol. The summed E-state index contributed by atoms with van der Waals surface area (Å²) in [7, 11) is 0. The van der Waals surface area contributed by atoms with Gasteiger partial charge in [0.15, 0.2) is 0 Å². The third-order valence-corrected chi connectivity index (χ3v) is 0. The second-order valence-electron chi connectivity index (χ2n) is 0.238. The molecule has 0 saturated heterocycles. The lowest BCUT2D eigenvalue weighted by Gasteiger charge is -1.56. The van der Waals surface area contributed by atoms with Crippen molar-refractivity contribution in [3.05, 3.63) is 10.1 Å². The maximum atomic E-state index is 8.36. The average molecular weight is 113 g/mol. The molecule has 0 saturated carbocycles. The maximum absolute atomic E-state index is 8.36. The molecule has 0 fully saturated rings. The Morgan fingerprint density at radius 1 is 1.57 bits per heavy atom. The Labute approximate surface area is 39.0 Å². The van der Waals surface area contributed by atoms with E-state index in [1.54, 1.807) is 0 Å². The summed E-state index contributed by atoms with van der Waals surface area (Å²) in [6.07, 6.45) is 0. The Hall–Kier alpha value is -0.920. The molecule has 0 atom stereocenters. The van der Waals surface area contributed by atoms with Gasteiger partial charge >= 0.3 is 0 Å². The molecule has 0 rings (SSSR count). The van der Waals surface area contributed by atoms with E-state index in [0.717, 1.165) is 0 Å². The summed E-state index contributed by atoms with van der Waals surface area (Å²) < 4.78 is 0. The second kappa shape index (κ2) is 19.5. The van der Waals surface area contributed by atoms with Gasteiger partial charge in [0.2, 0.25) is 0 Å². The fourth-order valence-electron chi connectivity index (χ4n) is 0. The Balaban J connectivity index is -0.0000000480. The number of hydrogen-bond acceptors (Lipinski definition) is 5. The Kier molecular flexibility index (Phi) is 46.2. The van der Waals surface area contributed by atoms with E-state index in [-0.39, 0.29) is 6.15 Å². The van der Waals surface area contributed by atoms with Gasteiger partial charge in [-0.25, -0.2) is 5.90 Å². The van der Waals surface area contributed by atoms with Crippen LogP contribution in [0.2, 0.25) is 0 Å². The van der Waals surface area contributed by atoms with Gasteiger partial charge in [0.05, 0.1) is 0 Å². The average Bonchev–Trinajstić information content (AvgIpc) is 1.41. The zero-order valence-electron chi connectivity index (χ0n) is 3.44. The molecular weight excluding hydrogens is 106 g/mol. The highest BCUT2D eigenvalue weighted by atomic mass is 16.9. The second-order valence-corrected chi connectivity index (χ2v) is 0.238. The molecule has 0 aliphatic rings. The summed E-state index contributed by atoms with van der Waals surface area (Å²) in [5, 5.41) is 20.1. The molecule has 0 bridgehead atoms. The van der Waals surface area contributed by atoms with E-state index in [1.165, 1.54) is 0 Å². The van der Waals surface area contributed by atoms with Crippen LogP contribution >= 0.6 is 0 Å². The van der Waals surface area contributed by atoms with Crippen molar-refractivity contribution in [2.24, 2.45) is 5.90 Å². The van der Waals surface area contributed by atoms with E-state index in [2.05, 4.69) is 5.90 Å². The first-order chi connectivity index (χ1) is 2.73. The summed E-state index contributed by atoms with van der Waals surface area (Å²) >= 11 is 0. The summed E-state index contributed by atoms with van der Waals surface area (Å²) in [4.78, 5) is 8.36. The summed E-state index contributed by atoms with van der Waals surface area (Å²) in [5.74, 6) is 3.50. The number of rotatable bonds is 0. The minimum atomic E-state index is -1.50. The van der Waals surface area contributed by atoms with E-state index >= 15 is 0 Å². The van der Waals surface area contributed by atoms with Gasteiger partial charge in [-0.3, -0.25) is 0 Å². The van der Waals surface area contributed by atoms with Crippen LogP contribution < -0.4 is 12.0 Å². The van der Waals surface area contributed by atoms with Crippen LogP contribution in [0.4, 0.5) is 0 Å². The largest absolute Gasteiger partial charge is 0.344 e. The molecule has 0 aromatic rings. The van der Waals surface area contributed by atoms with Gasteiger partial charge in [0, 0.05) is 0 Å². The fourth-order valence-corrected chi connectivity index (χ4v) is 0. The molecule has 0 amide bonds. The molecule has 0 aliphatic heterocycles. The molecule has 0 aliphatic carbocycles. The first-order valence-electron chi connectivity index (χ1n) is 0.823. The summed E-state index contributed by atoms with van der Waals surface area (Å²) in [5.41, 5.74) is 0. The smallest absolute Gasteiger partial charge is 0.291 e. The van der Waals surface area contributed by atoms with Crippen LogP contribution in [0.5, 0.6) is 0 Å². The zero-order chi connectivity index (χ0) is 5.58. The van der Waals surface area contributed by atoms with Crippen molar-refractivity contribution in [1.29, 1.82) is 0 Å². The maximum Gasteiger partial charge on any atom is 0.291 e. The van der Waals surface area contributed by atoms with Crippen molar-refractivity contribution in [1.82, 2.24) is 6.15 Å². The molecular formula is H7N3O4. The normalized spacial score (nSPS) is 4.29. The quantitative estimate of drug-likeness (QED) is 0.238. The SMILES string of the molecule is N.NO.O=[N+]([O-])O. The first kappa shape index (κ1) is 16.5. The lowest BCUT2D eigenvalue weighted by molar-refractivity contribution is -0.742. The molecule has 0 aromatic heterocycles. The molecule has 7 N–H and O–H groups in total. The van der Waals surface area contributed by atoms with Crippen molar-refractivity contribution in [2.45, 2.75) is 0 Å². The van der Waals surface area contributed by atoms with Crippen molar-refractivity contribution in [3.63, 3.8) is 0 Å². The number of hydrogen-bond donors (Lipinski definition) is 4. The van der Waals surface area contributed by atoms with Crippen molar-refractivity contribution in [2.75, 3.05) is 0 Å². The van der Waals surface area contributed by atoms with Gasteiger partial charge in [-0.1, -0.05) is 0 Å². The predicted molar refractivity (Wildman–Crippen MR) is 19.8 cm³/mol. The Morgan fingerprint density at radius 2 is 1.57 bits per heavy atom. The Bertz CT molecular complexity index is 29.9. The predicted octanol–water partition coefficient (Wildman–Crippen LogP) is -0.851. The van der Waals surface area contributed by atoms with Crippen LogP contribution in [-0.2, 0) is 0 Å². The van der Waals surface area contributed by atoms with Crippen LogP contribution in [0.25, 0.3) is 0 Å². The fraction of sp³-hybridized carbons (Fsp3) is 0. The molecule has 0 aromatic carbocycles. The van der Waals surface area contributed by atoms with E-state index in [4.69, 9.17) is 20.5 Å². The van der Waals surface area contributed by atoms with Crippen LogP contribution in [0.1, 0.15) is 0 Å². The van der Waals surface area contributed by atoms with E-state index in [0.29, 0.717) is 0 Å². The van der Waals surface area contributed by atoms with Gasteiger partial charge < -0.3 is 16.6 Å². The van der Waals surface area contributed by atoms with Crippen molar-refractivity contribution < 1.29 is 15.5 Å². The van der Waals surface area contributed by atoms with Crippen molar-refractivity contribution in [3.8, 4) is 0 Å². The summed E-state index contributed by atoms with van der Waals surface area (Å²) in [6.45, 7) is 0.